The molecule has 2 nitrogen and oxygen atoms in total. The Morgan fingerprint density at radius 3 is 2.16 bits per heavy atom. The summed E-state index contributed by atoms with van der Waals surface area (Å²) in [4.78, 5) is 2.09. The van der Waals surface area contributed by atoms with Crippen LogP contribution < -0.4 is 10.2 Å². The van der Waals surface area contributed by atoms with E-state index in [1.807, 2.05) is 26.2 Å². The average Bonchev–Trinajstić information content (AvgIpc) is 2.46. The van der Waals surface area contributed by atoms with Gasteiger partial charge in [0.1, 0.15) is 0 Å². The molecule has 0 bridgehead atoms. The number of hydrogen-bond acceptors (Lipinski definition) is 2. The van der Waals surface area contributed by atoms with Crippen LogP contribution in [0, 0.1) is 12.3 Å². The monoisotopic (exact) mass is 250 g/mol. The van der Waals surface area contributed by atoms with Crippen LogP contribution in [0.5, 0.6) is 0 Å². The van der Waals surface area contributed by atoms with Crippen molar-refractivity contribution >= 4 is 11.4 Å². The Morgan fingerprint density at radius 2 is 1.63 bits per heavy atom. The first-order chi connectivity index (χ1) is 9.19. The Hall–Kier alpha value is -2.40. The minimum absolute atomic E-state index is 0.798. The molecule has 2 aromatic carbocycles. The van der Waals surface area contributed by atoms with E-state index < -0.39 is 0 Å². The summed E-state index contributed by atoms with van der Waals surface area (Å²) in [7, 11) is 4.07. The molecule has 0 atom stereocenters. The third kappa shape index (κ3) is 3.53. The lowest BCUT2D eigenvalue weighted by atomic mass is 10.1. The molecule has 0 saturated heterocycles. The molecule has 0 fully saturated rings. The maximum Gasteiger partial charge on any atom is 0.0400 e. The van der Waals surface area contributed by atoms with Crippen molar-refractivity contribution in [2.45, 2.75) is 6.54 Å². The van der Waals surface area contributed by atoms with Crippen LogP contribution in [0.2, 0.25) is 0 Å². The van der Waals surface area contributed by atoms with Gasteiger partial charge >= 0.3 is 0 Å². The van der Waals surface area contributed by atoms with Crippen molar-refractivity contribution in [3.8, 4) is 12.3 Å². The van der Waals surface area contributed by atoms with Gasteiger partial charge in [0.05, 0.1) is 0 Å². The first-order valence-electron chi connectivity index (χ1n) is 6.26. The highest BCUT2D eigenvalue weighted by Crippen LogP contribution is 2.16. The highest BCUT2D eigenvalue weighted by molar-refractivity contribution is 5.54. The maximum atomic E-state index is 5.33. The molecule has 0 aromatic heterocycles. The number of hydrogen-bond donors (Lipinski definition) is 1. The zero-order valence-electron chi connectivity index (χ0n) is 11.4. The number of anilines is 2. The fourth-order valence-corrected chi connectivity index (χ4v) is 1.80. The van der Waals surface area contributed by atoms with Crippen LogP contribution >= 0.6 is 0 Å². The molecule has 0 aliphatic carbocycles. The average molecular weight is 250 g/mol. The molecule has 0 aliphatic heterocycles. The van der Waals surface area contributed by atoms with Crippen molar-refractivity contribution in [2.75, 3.05) is 24.3 Å². The summed E-state index contributed by atoms with van der Waals surface area (Å²) >= 11 is 0. The van der Waals surface area contributed by atoms with Crippen LogP contribution in [0.3, 0.4) is 0 Å². The minimum atomic E-state index is 0.798. The summed E-state index contributed by atoms with van der Waals surface area (Å²) in [6.07, 6.45) is 5.33. The summed E-state index contributed by atoms with van der Waals surface area (Å²) in [5.41, 5.74) is 4.45. The van der Waals surface area contributed by atoms with Gasteiger partial charge in [-0.1, -0.05) is 18.1 Å². The zero-order chi connectivity index (χ0) is 13.7. The third-order valence-electron chi connectivity index (χ3n) is 3.00. The molecule has 96 valence electrons. The molecule has 0 aliphatic rings. The van der Waals surface area contributed by atoms with E-state index in [2.05, 4.69) is 52.5 Å². The molecule has 0 spiro atoms. The molecular formula is C17H18N2. The Balaban J connectivity index is 1.96. The van der Waals surface area contributed by atoms with E-state index in [-0.39, 0.29) is 0 Å². The van der Waals surface area contributed by atoms with E-state index >= 15 is 0 Å². The van der Waals surface area contributed by atoms with Crippen LogP contribution in [-0.2, 0) is 6.54 Å². The van der Waals surface area contributed by atoms with Crippen LogP contribution in [0.25, 0.3) is 0 Å². The third-order valence-corrected chi connectivity index (χ3v) is 3.00. The molecule has 1 N–H and O–H groups in total. The van der Waals surface area contributed by atoms with Gasteiger partial charge in [0.25, 0.3) is 0 Å². The Kier molecular flexibility index (Phi) is 4.10. The van der Waals surface area contributed by atoms with Gasteiger partial charge in [-0.05, 0) is 42.0 Å². The Bertz CT molecular complexity index is 560. The van der Waals surface area contributed by atoms with E-state index in [4.69, 9.17) is 6.42 Å². The maximum absolute atomic E-state index is 5.33. The van der Waals surface area contributed by atoms with E-state index in [1.165, 1.54) is 11.3 Å². The first-order valence-corrected chi connectivity index (χ1v) is 6.26. The van der Waals surface area contributed by atoms with Crippen LogP contribution in [0.15, 0.2) is 48.5 Å². The SMILES string of the molecule is C#Cc1ccc(CNc2ccc(N(C)C)cc2)cc1. The number of terminal acetylenes is 1. The second-order valence-electron chi connectivity index (χ2n) is 4.64. The molecular weight excluding hydrogens is 232 g/mol. The van der Waals surface area contributed by atoms with Gasteiger partial charge in [0.15, 0.2) is 0 Å². The Labute approximate surface area is 115 Å². The molecule has 0 amide bonds. The molecule has 2 rings (SSSR count). The largest absolute Gasteiger partial charge is 0.381 e. The van der Waals surface area contributed by atoms with Crippen LogP contribution in [0.4, 0.5) is 11.4 Å². The smallest absolute Gasteiger partial charge is 0.0400 e. The normalized spacial score (nSPS) is 9.74. The fraction of sp³-hybridized carbons (Fsp3) is 0.176. The highest BCUT2D eigenvalue weighted by atomic mass is 15.1. The second-order valence-corrected chi connectivity index (χ2v) is 4.64. The summed E-state index contributed by atoms with van der Waals surface area (Å²) in [5.74, 6) is 2.62. The van der Waals surface area contributed by atoms with Crippen LogP contribution in [-0.4, -0.2) is 14.1 Å². The van der Waals surface area contributed by atoms with Crippen LogP contribution in [0.1, 0.15) is 11.1 Å². The van der Waals surface area contributed by atoms with Gasteiger partial charge in [-0.2, -0.15) is 0 Å². The summed E-state index contributed by atoms with van der Waals surface area (Å²) < 4.78 is 0. The molecule has 2 aromatic rings. The lowest BCUT2D eigenvalue weighted by molar-refractivity contribution is 1.12. The van der Waals surface area contributed by atoms with E-state index in [0.717, 1.165) is 17.8 Å². The van der Waals surface area contributed by atoms with Crippen molar-refractivity contribution in [2.24, 2.45) is 0 Å². The fourth-order valence-electron chi connectivity index (χ4n) is 1.80. The quantitative estimate of drug-likeness (QED) is 0.837. The summed E-state index contributed by atoms with van der Waals surface area (Å²) in [5, 5.41) is 3.39. The number of nitrogens with one attached hydrogen (secondary N) is 1. The van der Waals surface area contributed by atoms with Crippen molar-refractivity contribution in [1.29, 1.82) is 0 Å². The topological polar surface area (TPSA) is 15.3 Å². The van der Waals surface area contributed by atoms with E-state index in [0.29, 0.717) is 0 Å². The van der Waals surface area contributed by atoms with Crippen molar-refractivity contribution in [3.05, 3.63) is 59.7 Å². The minimum Gasteiger partial charge on any atom is -0.381 e. The van der Waals surface area contributed by atoms with Gasteiger partial charge in [0.2, 0.25) is 0 Å². The standard InChI is InChI=1S/C17H18N2/c1-4-14-5-7-15(8-6-14)13-18-16-9-11-17(12-10-16)19(2)3/h1,5-12,18H,13H2,2-3H3. The Morgan fingerprint density at radius 1 is 1.00 bits per heavy atom. The van der Waals surface area contributed by atoms with Gasteiger partial charge < -0.3 is 10.2 Å². The number of rotatable bonds is 4. The lowest BCUT2D eigenvalue weighted by Gasteiger charge is -2.13. The van der Waals surface area contributed by atoms with E-state index in [9.17, 15) is 0 Å². The molecule has 0 radical (unpaired) electrons. The summed E-state index contributed by atoms with van der Waals surface area (Å²) in [6.45, 7) is 0.798. The predicted molar refractivity (Wildman–Crippen MR) is 82.5 cm³/mol. The molecule has 0 heterocycles. The number of nitrogens with zero attached hydrogens (tertiary/aromatic N) is 1. The van der Waals surface area contributed by atoms with Gasteiger partial charge in [0, 0.05) is 37.6 Å². The predicted octanol–water partition coefficient (Wildman–Crippen LogP) is 3.35. The van der Waals surface area contributed by atoms with Gasteiger partial charge in [-0.15, -0.1) is 6.42 Å². The number of benzene rings is 2. The second kappa shape index (κ2) is 5.97. The molecule has 2 heteroatoms. The van der Waals surface area contributed by atoms with Gasteiger partial charge in [-0.25, -0.2) is 0 Å². The molecule has 19 heavy (non-hydrogen) atoms. The van der Waals surface area contributed by atoms with Crippen molar-refractivity contribution < 1.29 is 0 Å². The molecule has 0 saturated carbocycles. The van der Waals surface area contributed by atoms with E-state index in [1.54, 1.807) is 0 Å². The van der Waals surface area contributed by atoms with Crippen molar-refractivity contribution in [3.63, 3.8) is 0 Å². The lowest BCUT2D eigenvalue weighted by Crippen LogP contribution is -2.08. The van der Waals surface area contributed by atoms with Gasteiger partial charge in [-0.3, -0.25) is 0 Å². The summed E-state index contributed by atoms with van der Waals surface area (Å²) in [6, 6.07) is 16.4. The zero-order valence-corrected chi connectivity index (χ0v) is 11.4. The first kappa shape index (κ1) is 13.0. The molecule has 0 unspecified atom stereocenters. The highest BCUT2D eigenvalue weighted by Gasteiger charge is 1.97. The van der Waals surface area contributed by atoms with Crippen molar-refractivity contribution in [1.82, 2.24) is 0 Å².